The molecule has 0 saturated heterocycles. The van der Waals surface area contributed by atoms with Crippen LogP contribution in [-0.2, 0) is 23.9 Å². The Hall–Kier alpha value is -3.01. The summed E-state index contributed by atoms with van der Waals surface area (Å²) in [5, 5.41) is 4.74. The number of thiazole rings is 1. The van der Waals surface area contributed by atoms with Gasteiger partial charge in [0.05, 0.1) is 17.7 Å². The van der Waals surface area contributed by atoms with Gasteiger partial charge in [-0.05, 0) is 18.2 Å². The monoisotopic (exact) mass is 442 g/mol. The van der Waals surface area contributed by atoms with Gasteiger partial charge in [0.1, 0.15) is 10.8 Å². The number of hydrogen-bond donors (Lipinski definition) is 1. The van der Waals surface area contributed by atoms with Crippen LogP contribution in [0.3, 0.4) is 0 Å². The Kier molecular flexibility index (Phi) is 6.66. The number of benzene rings is 2. The number of rotatable bonds is 7. The minimum absolute atomic E-state index is 0.00236. The van der Waals surface area contributed by atoms with Gasteiger partial charge in [0.2, 0.25) is 5.91 Å². The van der Waals surface area contributed by atoms with Crippen LogP contribution in [0, 0.1) is 0 Å². The van der Waals surface area contributed by atoms with Crippen LogP contribution in [0.2, 0.25) is 0 Å². The van der Waals surface area contributed by atoms with Crippen molar-refractivity contribution in [2.24, 2.45) is 0 Å². The van der Waals surface area contributed by atoms with Gasteiger partial charge in [0, 0.05) is 23.1 Å². The molecule has 0 aliphatic carbocycles. The van der Waals surface area contributed by atoms with Crippen molar-refractivity contribution in [2.45, 2.75) is 25.8 Å². The summed E-state index contributed by atoms with van der Waals surface area (Å²) >= 11 is 1.21. The largest absolute Gasteiger partial charge is 0.434 e. The van der Waals surface area contributed by atoms with Crippen molar-refractivity contribution in [1.82, 2.24) is 10.3 Å². The van der Waals surface area contributed by atoms with Crippen LogP contribution in [-0.4, -0.2) is 17.5 Å². The molecule has 10 heteroatoms. The summed E-state index contributed by atoms with van der Waals surface area (Å²) in [7, 11) is 0. The van der Waals surface area contributed by atoms with Crippen LogP contribution in [0.5, 0.6) is 5.75 Å². The fourth-order valence-electron chi connectivity index (χ4n) is 2.60. The molecule has 1 amide bonds. The summed E-state index contributed by atoms with van der Waals surface area (Å²) in [5.74, 6) is -0.405. The Bertz CT molecular complexity index is 1000. The second kappa shape index (κ2) is 9.21. The van der Waals surface area contributed by atoms with E-state index < -0.39 is 18.4 Å². The minimum atomic E-state index is -4.41. The number of aromatic nitrogens is 1. The first-order valence-corrected chi connectivity index (χ1v) is 9.52. The third-order valence-electron chi connectivity index (χ3n) is 4.02. The van der Waals surface area contributed by atoms with Gasteiger partial charge < -0.3 is 10.1 Å². The molecule has 0 aliphatic rings. The summed E-state index contributed by atoms with van der Waals surface area (Å²) in [6.45, 7) is -2.97. The number of para-hydroxylation sites is 1. The average Bonchev–Trinajstić information content (AvgIpc) is 3.15. The van der Waals surface area contributed by atoms with Crippen LogP contribution in [0.1, 0.15) is 16.8 Å². The summed E-state index contributed by atoms with van der Waals surface area (Å²) < 4.78 is 67.2. The number of carbonyl (C=O) groups is 1. The number of alkyl halides is 5. The number of amides is 1. The molecule has 1 heterocycles. The van der Waals surface area contributed by atoms with Crippen LogP contribution in [0.25, 0.3) is 10.6 Å². The minimum Gasteiger partial charge on any atom is -0.434 e. The van der Waals surface area contributed by atoms with Crippen LogP contribution >= 0.6 is 11.3 Å². The van der Waals surface area contributed by atoms with E-state index in [4.69, 9.17) is 0 Å². The highest BCUT2D eigenvalue weighted by molar-refractivity contribution is 7.13. The molecular weight excluding hydrogens is 427 g/mol. The van der Waals surface area contributed by atoms with Crippen LogP contribution < -0.4 is 10.1 Å². The van der Waals surface area contributed by atoms with Gasteiger partial charge in [-0.15, -0.1) is 11.3 Å². The third kappa shape index (κ3) is 5.76. The van der Waals surface area contributed by atoms with E-state index in [0.717, 1.165) is 12.1 Å². The standard InChI is InChI=1S/C20H15F5N2O2S/c21-19(22)29-16-4-2-1-3-13(16)10-26-17(28)9-15-11-30-18(27-15)12-5-7-14(8-6-12)20(23,24)25/h1-8,11,19H,9-10H2,(H,26,28). The molecule has 0 radical (unpaired) electrons. The molecule has 0 aliphatic heterocycles. The molecule has 1 aromatic heterocycles. The Balaban J connectivity index is 1.59. The van der Waals surface area contributed by atoms with Gasteiger partial charge in [-0.1, -0.05) is 30.3 Å². The van der Waals surface area contributed by atoms with Crippen molar-refractivity contribution >= 4 is 17.2 Å². The molecule has 1 N–H and O–H groups in total. The third-order valence-corrected chi connectivity index (χ3v) is 4.96. The first kappa shape index (κ1) is 21.7. The van der Waals surface area contributed by atoms with E-state index in [1.54, 1.807) is 23.6 Å². The molecule has 2 aromatic carbocycles. The summed E-state index contributed by atoms with van der Waals surface area (Å²) in [5.41, 5.74) is 0.607. The topological polar surface area (TPSA) is 51.2 Å². The van der Waals surface area contributed by atoms with E-state index >= 15 is 0 Å². The SMILES string of the molecule is O=C(Cc1csc(-c2ccc(C(F)(F)F)cc2)n1)NCc1ccccc1OC(F)F. The smallest absolute Gasteiger partial charge is 0.416 e. The van der Waals surface area contributed by atoms with E-state index in [2.05, 4.69) is 15.0 Å². The highest BCUT2D eigenvalue weighted by Crippen LogP contribution is 2.31. The fourth-order valence-corrected chi connectivity index (χ4v) is 3.43. The van der Waals surface area contributed by atoms with E-state index in [-0.39, 0.29) is 24.6 Å². The summed E-state index contributed by atoms with van der Waals surface area (Å²) in [6.07, 6.45) is -4.47. The van der Waals surface area contributed by atoms with Crippen LogP contribution in [0.4, 0.5) is 22.0 Å². The van der Waals surface area contributed by atoms with Crippen molar-refractivity contribution < 1.29 is 31.5 Å². The van der Waals surface area contributed by atoms with Crippen molar-refractivity contribution in [3.05, 3.63) is 70.7 Å². The summed E-state index contributed by atoms with van der Waals surface area (Å²) in [6, 6.07) is 10.7. The van der Waals surface area contributed by atoms with Crippen molar-refractivity contribution in [3.63, 3.8) is 0 Å². The number of hydrogen-bond acceptors (Lipinski definition) is 4. The molecular formula is C20H15F5N2O2S. The molecule has 3 aromatic rings. The fraction of sp³-hybridized carbons (Fsp3) is 0.200. The normalized spacial score (nSPS) is 11.5. The lowest BCUT2D eigenvalue weighted by Gasteiger charge is -2.11. The predicted octanol–water partition coefficient (Wildman–Crippen LogP) is 5.29. The molecule has 0 fully saturated rings. The quantitative estimate of drug-likeness (QED) is 0.506. The first-order valence-electron chi connectivity index (χ1n) is 8.64. The molecule has 0 bridgehead atoms. The Morgan fingerprint density at radius 1 is 1.10 bits per heavy atom. The van der Waals surface area contributed by atoms with Gasteiger partial charge >= 0.3 is 12.8 Å². The van der Waals surface area contributed by atoms with Gasteiger partial charge in [-0.25, -0.2) is 4.98 Å². The highest BCUT2D eigenvalue weighted by atomic mass is 32.1. The second-order valence-corrected chi connectivity index (χ2v) is 7.02. The second-order valence-electron chi connectivity index (χ2n) is 6.16. The van der Waals surface area contributed by atoms with Gasteiger partial charge in [-0.2, -0.15) is 22.0 Å². The van der Waals surface area contributed by atoms with E-state index in [0.29, 0.717) is 21.8 Å². The average molecular weight is 442 g/mol. The lowest BCUT2D eigenvalue weighted by molar-refractivity contribution is -0.137. The molecule has 0 unspecified atom stereocenters. The molecule has 0 atom stereocenters. The maximum atomic E-state index is 12.6. The molecule has 158 valence electrons. The molecule has 0 spiro atoms. The van der Waals surface area contributed by atoms with E-state index in [1.165, 1.54) is 29.5 Å². The zero-order valence-electron chi connectivity index (χ0n) is 15.2. The number of carbonyl (C=O) groups excluding carboxylic acids is 1. The predicted molar refractivity (Wildman–Crippen MR) is 101 cm³/mol. The van der Waals surface area contributed by atoms with Gasteiger partial charge in [0.25, 0.3) is 0 Å². The van der Waals surface area contributed by atoms with Crippen molar-refractivity contribution in [3.8, 4) is 16.3 Å². The van der Waals surface area contributed by atoms with Crippen molar-refractivity contribution in [1.29, 1.82) is 0 Å². The maximum Gasteiger partial charge on any atom is 0.416 e. The molecule has 4 nitrogen and oxygen atoms in total. The Morgan fingerprint density at radius 2 is 1.80 bits per heavy atom. The Labute approximate surface area is 172 Å². The molecule has 30 heavy (non-hydrogen) atoms. The molecule has 3 rings (SSSR count). The molecule has 0 saturated carbocycles. The number of nitrogens with zero attached hydrogens (tertiary/aromatic N) is 1. The first-order chi connectivity index (χ1) is 14.2. The van der Waals surface area contributed by atoms with Crippen molar-refractivity contribution in [2.75, 3.05) is 0 Å². The lowest BCUT2D eigenvalue weighted by Crippen LogP contribution is -2.25. The maximum absolute atomic E-state index is 12.6. The number of ether oxygens (including phenoxy) is 1. The highest BCUT2D eigenvalue weighted by Gasteiger charge is 2.30. The summed E-state index contributed by atoms with van der Waals surface area (Å²) in [4.78, 5) is 16.4. The zero-order valence-corrected chi connectivity index (χ0v) is 16.1. The Morgan fingerprint density at radius 3 is 2.47 bits per heavy atom. The van der Waals surface area contributed by atoms with E-state index in [9.17, 15) is 26.7 Å². The van der Waals surface area contributed by atoms with E-state index in [1.807, 2.05) is 0 Å². The number of halogens is 5. The van der Waals surface area contributed by atoms with Gasteiger partial charge in [0.15, 0.2) is 0 Å². The zero-order chi connectivity index (χ0) is 21.7. The van der Waals surface area contributed by atoms with Gasteiger partial charge in [-0.3, -0.25) is 4.79 Å². The number of nitrogens with one attached hydrogen (secondary N) is 1. The lowest BCUT2D eigenvalue weighted by atomic mass is 10.1. The van der Waals surface area contributed by atoms with Crippen LogP contribution in [0.15, 0.2) is 53.9 Å².